The molecule has 1 rings (SSSR count). The Hall–Kier alpha value is -2.04. The van der Waals surface area contributed by atoms with E-state index in [9.17, 15) is 9.59 Å². The van der Waals surface area contributed by atoms with Gasteiger partial charge in [0.2, 0.25) is 0 Å². The summed E-state index contributed by atoms with van der Waals surface area (Å²) in [6.45, 7) is 1.86. The van der Waals surface area contributed by atoms with Crippen molar-refractivity contribution in [2.24, 2.45) is 0 Å². The van der Waals surface area contributed by atoms with Gasteiger partial charge in [-0.25, -0.2) is 4.79 Å². The second-order valence-corrected chi connectivity index (χ2v) is 3.51. The van der Waals surface area contributed by atoms with E-state index in [2.05, 4.69) is 4.74 Å². The lowest BCUT2D eigenvalue weighted by Gasteiger charge is -2.17. The van der Waals surface area contributed by atoms with Gasteiger partial charge >= 0.3 is 11.9 Å². The highest BCUT2D eigenvalue weighted by Gasteiger charge is 2.20. The lowest BCUT2D eigenvalue weighted by molar-refractivity contribution is -0.151. The number of amides is 1. The fraction of sp³-hybridized carbons (Fsp3) is 0.333. The van der Waals surface area contributed by atoms with Crippen LogP contribution in [0.3, 0.4) is 0 Å². The quantitative estimate of drug-likeness (QED) is 0.571. The number of methoxy groups -OCH3 is 2. The largest absolute Gasteiger partial charge is 0.496 e. The number of hydrogen-bond acceptors (Lipinski definition) is 4. The number of carbonyl (C=O) groups is 2. The number of rotatable bonds is 2. The van der Waals surface area contributed by atoms with Crippen molar-refractivity contribution in [3.63, 3.8) is 0 Å². The molecule has 0 fully saturated rings. The number of likely N-dealkylation sites (N-methyl/N-ethyl adjacent to an activating group) is 1. The van der Waals surface area contributed by atoms with Gasteiger partial charge in [-0.1, -0.05) is 0 Å². The second kappa shape index (κ2) is 5.34. The molecule has 0 radical (unpaired) electrons. The Morgan fingerprint density at radius 2 is 1.88 bits per heavy atom. The maximum absolute atomic E-state index is 11.6. The number of aryl methyl sites for hydroxylation is 1. The van der Waals surface area contributed by atoms with Crippen molar-refractivity contribution in [2.45, 2.75) is 6.92 Å². The van der Waals surface area contributed by atoms with Gasteiger partial charge in [0.05, 0.1) is 14.2 Å². The van der Waals surface area contributed by atoms with Crippen molar-refractivity contribution in [1.29, 1.82) is 0 Å². The van der Waals surface area contributed by atoms with Crippen molar-refractivity contribution < 1.29 is 19.1 Å². The second-order valence-electron chi connectivity index (χ2n) is 3.51. The Balaban J connectivity index is 2.97. The van der Waals surface area contributed by atoms with Crippen molar-refractivity contribution >= 4 is 17.6 Å². The number of anilines is 1. The van der Waals surface area contributed by atoms with Gasteiger partial charge in [-0.2, -0.15) is 0 Å². The Morgan fingerprint density at radius 3 is 2.35 bits per heavy atom. The third-order valence-corrected chi connectivity index (χ3v) is 2.43. The zero-order valence-electron chi connectivity index (χ0n) is 10.3. The van der Waals surface area contributed by atoms with E-state index in [0.29, 0.717) is 5.69 Å². The first-order valence-electron chi connectivity index (χ1n) is 5.02. The van der Waals surface area contributed by atoms with Crippen LogP contribution in [0.5, 0.6) is 5.75 Å². The summed E-state index contributed by atoms with van der Waals surface area (Å²) in [6, 6.07) is 5.21. The molecule has 0 aliphatic rings. The van der Waals surface area contributed by atoms with Crippen LogP contribution in [0.25, 0.3) is 0 Å². The van der Waals surface area contributed by atoms with Crippen LogP contribution in [-0.2, 0) is 14.3 Å². The Bertz CT molecular complexity index is 442. The van der Waals surface area contributed by atoms with E-state index in [1.807, 2.05) is 6.92 Å². The molecule has 0 aliphatic carbocycles. The van der Waals surface area contributed by atoms with Crippen molar-refractivity contribution in [3.05, 3.63) is 23.8 Å². The highest BCUT2D eigenvalue weighted by atomic mass is 16.5. The van der Waals surface area contributed by atoms with Crippen LogP contribution in [0.4, 0.5) is 5.69 Å². The Kier molecular flexibility index (Phi) is 4.09. The summed E-state index contributed by atoms with van der Waals surface area (Å²) in [5, 5.41) is 0. The molecule has 5 heteroatoms. The normalized spacial score (nSPS) is 9.65. The number of hydrogen-bond donors (Lipinski definition) is 0. The minimum absolute atomic E-state index is 0.610. The fourth-order valence-electron chi connectivity index (χ4n) is 1.41. The zero-order valence-corrected chi connectivity index (χ0v) is 10.3. The minimum Gasteiger partial charge on any atom is -0.496 e. The summed E-state index contributed by atoms with van der Waals surface area (Å²) in [4.78, 5) is 23.9. The third kappa shape index (κ3) is 2.75. The molecule has 92 valence electrons. The van der Waals surface area contributed by atoms with Crippen LogP contribution in [-0.4, -0.2) is 33.1 Å². The van der Waals surface area contributed by atoms with E-state index < -0.39 is 11.9 Å². The minimum atomic E-state index is -0.888. The monoisotopic (exact) mass is 237 g/mol. The van der Waals surface area contributed by atoms with Gasteiger partial charge in [0.1, 0.15) is 5.75 Å². The molecule has 0 saturated heterocycles. The molecule has 0 spiro atoms. The molecule has 17 heavy (non-hydrogen) atoms. The first-order valence-corrected chi connectivity index (χ1v) is 5.02. The van der Waals surface area contributed by atoms with Gasteiger partial charge < -0.3 is 14.4 Å². The SMILES string of the molecule is COC(=O)C(=O)N(C)c1ccc(OC)c(C)c1. The maximum Gasteiger partial charge on any atom is 0.397 e. The summed E-state index contributed by atoms with van der Waals surface area (Å²) in [5.41, 5.74) is 1.49. The van der Waals surface area contributed by atoms with E-state index in [4.69, 9.17) is 4.74 Å². The number of carbonyl (C=O) groups excluding carboxylic acids is 2. The van der Waals surface area contributed by atoms with Gasteiger partial charge in [-0.05, 0) is 30.7 Å². The van der Waals surface area contributed by atoms with Crippen molar-refractivity contribution in [2.75, 3.05) is 26.2 Å². The molecule has 0 aromatic heterocycles. The van der Waals surface area contributed by atoms with E-state index in [1.165, 1.54) is 19.1 Å². The standard InChI is InChI=1S/C12H15NO4/c1-8-7-9(5-6-10(8)16-3)13(2)11(14)12(15)17-4/h5-7H,1-4H3. The van der Waals surface area contributed by atoms with Crippen LogP contribution in [0.1, 0.15) is 5.56 Å². The number of benzene rings is 1. The molecule has 0 saturated carbocycles. The van der Waals surface area contributed by atoms with Crippen molar-refractivity contribution in [1.82, 2.24) is 0 Å². The molecule has 0 heterocycles. The zero-order chi connectivity index (χ0) is 13.0. The average molecular weight is 237 g/mol. The van der Waals surface area contributed by atoms with Gasteiger partial charge in [0.15, 0.2) is 0 Å². The molecule has 0 aliphatic heterocycles. The fourth-order valence-corrected chi connectivity index (χ4v) is 1.41. The summed E-state index contributed by atoms with van der Waals surface area (Å²) >= 11 is 0. The van der Waals surface area contributed by atoms with Crippen LogP contribution in [0.2, 0.25) is 0 Å². The molecule has 0 bridgehead atoms. The third-order valence-electron chi connectivity index (χ3n) is 2.43. The van der Waals surface area contributed by atoms with Gasteiger partial charge in [0.25, 0.3) is 0 Å². The molecule has 5 nitrogen and oxygen atoms in total. The van der Waals surface area contributed by atoms with Crippen LogP contribution in [0, 0.1) is 6.92 Å². The number of esters is 1. The summed E-state index contributed by atoms with van der Waals surface area (Å²) in [6.07, 6.45) is 0. The smallest absolute Gasteiger partial charge is 0.397 e. The highest BCUT2D eigenvalue weighted by Crippen LogP contribution is 2.23. The lowest BCUT2D eigenvalue weighted by atomic mass is 10.2. The first kappa shape index (κ1) is 13.0. The van der Waals surface area contributed by atoms with Gasteiger partial charge in [-0.3, -0.25) is 4.79 Å². The summed E-state index contributed by atoms with van der Waals surface area (Å²) in [7, 11) is 4.26. The number of ether oxygens (including phenoxy) is 2. The van der Waals surface area contributed by atoms with Crippen LogP contribution in [0.15, 0.2) is 18.2 Å². The molecule has 1 aromatic rings. The van der Waals surface area contributed by atoms with Gasteiger partial charge in [-0.15, -0.1) is 0 Å². The van der Waals surface area contributed by atoms with E-state index in [1.54, 1.807) is 25.3 Å². The molecule has 0 unspecified atom stereocenters. The summed E-state index contributed by atoms with van der Waals surface area (Å²) in [5.74, 6) is -0.870. The maximum atomic E-state index is 11.6. The topological polar surface area (TPSA) is 55.8 Å². The molecular weight excluding hydrogens is 222 g/mol. The van der Waals surface area contributed by atoms with E-state index in [0.717, 1.165) is 11.3 Å². The van der Waals surface area contributed by atoms with Gasteiger partial charge in [0, 0.05) is 12.7 Å². The Labute approximate surface area is 99.9 Å². The first-order chi connectivity index (χ1) is 8.01. The Morgan fingerprint density at radius 1 is 1.24 bits per heavy atom. The molecular formula is C12H15NO4. The predicted octanol–water partition coefficient (Wildman–Crippen LogP) is 1.14. The predicted molar refractivity (Wildman–Crippen MR) is 63.2 cm³/mol. The van der Waals surface area contributed by atoms with E-state index >= 15 is 0 Å². The molecule has 1 aromatic carbocycles. The van der Waals surface area contributed by atoms with Crippen molar-refractivity contribution in [3.8, 4) is 5.75 Å². The molecule has 0 atom stereocenters. The van der Waals surface area contributed by atoms with Crippen LogP contribution < -0.4 is 9.64 Å². The molecule has 1 amide bonds. The summed E-state index contributed by atoms with van der Waals surface area (Å²) < 4.78 is 9.49. The average Bonchev–Trinajstić information content (AvgIpc) is 2.35. The highest BCUT2D eigenvalue weighted by molar-refractivity contribution is 6.37. The van der Waals surface area contributed by atoms with Crippen LogP contribution >= 0.6 is 0 Å². The lowest BCUT2D eigenvalue weighted by Crippen LogP contribution is -2.33. The van der Waals surface area contributed by atoms with E-state index in [-0.39, 0.29) is 0 Å². The number of nitrogens with zero attached hydrogens (tertiary/aromatic N) is 1. The molecule has 0 N–H and O–H groups in total.